The molecule has 0 amide bonds. The molecule has 4 heteroatoms. The zero-order chi connectivity index (χ0) is 12.6. The lowest BCUT2D eigenvalue weighted by molar-refractivity contribution is 0.300. The van der Waals surface area contributed by atoms with Gasteiger partial charge in [0.05, 0.1) is 12.7 Å². The van der Waals surface area contributed by atoms with Gasteiger partial charge in [0.2, 0.25) is 0 Å². The molecule has 82 valence electrons. The summed E-state index contributed by atoms with van der Waals surface area (Å²) in [7, 11) is 8.82. The van der Waals surface area contributed by atoms with Crippen LogP contribution in [-0.2, 0) is 4.74 Å². The lowest BCUT2D eigenvalue weighted by Crippen LogP contribution is -1.96. The minimum Gasteiger partial charge on any atom is -0.496 e. The monoisotopic (exact) mass is 214 g/mol. The highest BCUT2D eigenvalue weighted by Crippen LogP contribution is 2.15. The number of hydrogen-bond acceptors (Lipinski definition) is 3. The van der Waals surface area contributed by atoms with E-state index in [9.17, 15) is 0 Å². The molecule has 0 saturated carbocycles. The first kappa shape index (κ1) is 14.2. The van der Waals surface area contributed by atoms with Gasteiger partial charge in [-0.05, 0) is 19.9 Å². The zero-order valence-electron chi connectivity index (χ0n) is 10.1. The number of allylic oxidation sites excluding steroid dienone is 5. The number of nitrogens with zero attached hydrogens (tertiary/aromatic N) is 2. The van der Waals surface area contributed by atoms with Crippen molar-refractivity contribution in [2.24, 2.45) is 4.99 Å². The SMILES string of the molecule is [B]C(=C/C)/C=C(OC)\C(C)=C(/C#N)C=NC. The largest absolute Gasteiger partial charge is 0.496 e. The molecule has 0 rings (SSSR count). The van der Waals surface area contributed by atoms with Crippen molar-refractivity contribution in [2.75, 3.05) is 14.2 Å². The minimum absolute atomic E-state index is 0.458. The van der Waals surface area contributed by atoms with Crippen molar-refractivity contribution in [3.05, 3.63) is 34.5 Å². The van der Waals surface area contributed by atoms with Gasteiger partial charge in [0.1, 0.15) is 19.7 Å². The van der Waals surface area contributed by atoms with E-state index in [4.69, 9.17) is 17.8 Å². The van der Waals surface area contributed by atoms with Crippen molar-refractivity contribution in [1.82, 2.24) is 0 Å². The van der Waals surface area contributed by atoms with Crippen LogP contribution in [0.1, 0.15) is 13.8 Å². The molecule has 0 aromatic heterocycles. The molecule has 2 radical (unpaired) electrons. The van der Waals surface area contributed by atoms with Crippen molar-refractivity contribution < 1.29 is 4.74 Å². The molecule has 0 spiro atoms. The molecule has 0 unspecified atom stereocenters. The average Bonchev–Trinajstić information content (AvgIpc) is 2.31. The van der Waals surface area contributed by atoms with Crippen LogP contribution in [-0.4, -0.2) is 28.2 Å². The second-order valence-corrected chi connectivity index (χ2v) is 3.04. The first-order valence-electron chi connectivity index (χ1n) is 4.81. The lowest BCUT2D eigenvalue weighted by Gasteiger charge is -2.07. The molecule has 3 nitrogen and oxygen atoms in total. The summed E-state index contributed by atoms with van der Waals surface area (Å²) < 4.78 is 5.18. The third kappa shape index (κ3) is 4.18. The van der Waals surface area contributed by atoms with E-state index in [1.807, 2.05) is 6.92 Å². The Morgan fingerprint density at radius 1 is 1.50 bits per heavy atom. The molecule has 0 atom stereocenters. The Bertz CT molecular complexity index is 398. The maximum absolute atomic E-state index is 8.94. The number of hydrogen-bond donors (Lipinski definition) is 0. The Morgan fingerprint density at radius 2 is 2.12 bits per heavy atom. The Morgan fingerprint density at radius 3 is 2.50 bits per heavy atom. The normalized spacial score (nSPS) is 14.7. The summed E-state index contributed by atoms with van der Waals surface area (Å²) in [6.07, 6.45) is 4.93. The first-order valence-corrected chi connectivity index (χ1v) is 4.81. The van der Waals surface area contributed by atoms with Gasteiger partial charge in [-0.25, -0.2) is 0 Å². The fourth-order valence-electron chi connectivity index (χ4n) is 1.03. The van der Waals surface area contributed by atoms with Crippen LogP contribution >= 0.6 is 0 Å². The fraction of sp³-hybridized carbons (Fsp3) is 0.333. The topological polar surface area (TPSA) is 45.4 Å². The summed E-state index contributed by atoms with van der Waals surface area (Å²) in [5.41, 5.74) is 1.75. The second-order valence-electron chi connectivity index (χ2n) is 3.04. The van der Waals surface area contributed by atoms with Gasteiger partial charge >= 0.3 is 0 Å². The van der Waals surface area contributed by atoms with Crippen molar-refractivity contribution in [3.63, 3.8) is 0 Å². The van der Waals surface area contributed by atoms with E-state index in [0.717, 1.165) is 0 Å². The third-order valence-corrected chi connectivity index (χ3v) is 2.00. The number of rotatable bonds is 4. The molecule has 0 fully saturated rings. The lowest BCUT2D eigenvalue weighted by atomic mass is 9.93. The first-order chi connectivity index (χ1) is 7.60. The average molecular weight is 214 g/mol. The molecule has 0 heterocycles. The fourth-order valence-corrected chi connectivity index (χ4v) is 1.03. The number of methoxy groups -OCH3 is 1. The standard InChI is InChI=1S/C12H15BN2O/c1-5-11(13)6-12(16-4)9(2)10(7-14)8-15-3/h5-6,8H,1-4H3/b10-9+,11-5+,12-6+,15-8?. The van der Waals surface area contributed by atoms with E-state index in [1.54, 1.807) is 26.1 Å². The molecule has 0 N–H and O–H groups in total. The highest BCUT2D eigenvalue weighted by Gasteiger charge is 2.05. The van der Waals surface area contributed by atoms with Gasteiger partial charge in [0.25, 0.3) is 0 Å². The Hall–Kier alpha value is -1.76. The highest BCUT2D eigenvalue weighted by molar-refractivity contribution is 6.23. The minimum atomic E-state index is 0.458. The van der Waals surface area contributed by atoms with Gasteiger partial charge in [0.15, 0.2) is 0 Å². The molecule has 0 aromatic rings. The molecule has 0 aliphatic rings. The maximum atomic E-state index is 8.94. The Labute approximate surface area is 98.2 Å². The van der Waals surface area contributed by atoms with Crippen molar-refractivity contribution in [1.29, 1.82) is 5.26 Å². The van der Waals surface area contributed by atoms with Gasteiger partial charge in [-0.1, -0.05) is 11.5 Å². The summed E-state index contributed by atoms with van der Waals surface area (Å²) >= 11 is 0. The molecular formula is C12H15BN2O. The number of nitriles is 1. The molecule has 0 saturated heterocycles. The summed E-state index contributed by atoms with van der Waals surface area (Å²) in [5.74, 6) is 0.562. The van der Waals surface area contributed by atoms with Gasteiger partial charge in [-0.15, -0.1) is 0 Å². The molecule has 0 aliphatic carbocycles. The van der Waals surface area contributed by atoms with Crippen LogP contribution < -0.4 is 0 Å². The summed E-state index contributed by atoms with van der Waals surface area (Å²) in [5, 5.41) is 8.94. The zero-order valence-corrected chi connectivity index (χ0v) is 10.1. The van der Waals surface area contributed by atoms with Gasteiger partial charge < -0.3 is 4.74 Å². The third-order valence-electron chi connectivity index (χ3n) is 2.00. The quantitative estimate of drug-likeness (QED) is 0.236. The second kappa shape index (κ2) is 7.53. The van der Waals surface area contributed by atoms with Crippen LogP contribution in [0.3, 0.4) is 0 Å². The summed E-state index contributed by atoms with van der Waals surface area (Å²) in [6, 6.07) is 2.06. The van der Waals surface area contributed by atoms with Crippen molar-refractivity contribution >= 4 is 14.1 Å². The molecule has 16 heavy (non-hydrogen) atoms. The predicted octanol–water partition coefficient (Wildman–Crippen LogP) is 2.13. The van der Waals surface area contributed by atoms with Crippen LogP contribution in [0, 0.1) is 11.3 Å². The Balaban J connectivity index is 5.43. The van der Waals surface area contributed by atoms with E-state index in [-0.39, 0.29) is 0 Å². The van der Waals surface area contributed by atoms with E-state index in [2.05, 4.69) is 11.1 Å². The molecule has 0 aliphatic heterocycles. The molecular weight excluding hydrogens is 199 g/mol. The van der Waals surface area contributed by atoms with Crippen LogP contribution in [0.4, 0.5) is 0 Å². The van der Waals surface area contributed by atoms with Crippen LogP contribution in [0.15, 0.2) is 39.5 Å². The van der Waals surface area contributed by atoms with Gasteiger partial charge in [0, 0.05) is 18.8 Å². The molecule has 0 bridgehead atoms. The van der Waals surface area contributed by atoms with Crippen molar-refractivity contribution in [2.45, 2.75) is 13.8 Å². The van der Waals surface area contributed by atoms with Crippen LogP contribution in [0.2, 0.25) is 0 Å². The van der Waals surface area contributed by atoms with Crippen LogP contribution in [0.5, 0.6) is 0 Å². The Kier molecular flexibility index (Phi) is 6.70. The van der Waals surface area contributed by atoms with Crippen molar-refractivity contribution in [3.8, 4) is 6.07 Å². The summed E-state index contributed by atoms with van der Waals surface area (Å²) in [6.45, 7) is 3.62. The van der Waals surface area contributed by atoms with E-state index < -0.39 is 0 Å². The number of ether oxygens (including phenoxy) is 1. The smallest absolute Gasteiger partial charge is 0.122 e. The van der Waals surface area contributed by atoms with E-state index in [0.29, 0.717) is 22.4 Å². The highest BCUT2D eigenvalue weighted by atomic mass is 16.5. The van der Waals surface area contributed by atoms with Gasteiger partial charge in [-0.2, -0.15) is 5.26 Å². The molecule has 0 aromatic carbocycles. The predicted molar refractivity (Wildman–Crippen MR) is 67.3 cm³/mol. The summed E-state index contributed by atoms with van der Waals surface area (Å²) in [4.78, 5) is 3.81. The van der Waals surface area contributed by atoms with E-state index in [1.165, 1.54) is 13.3 Å². The number of aliphatic imine (C=N–C) groups is 1. The van der Waals surface area contributed by atoms with E-state index >= 15 is 0 Å². The van der Waals surface area contributed by atoms with Crippen LogP contribution in [0.25, 0.3) is 0 Å². The maximum Gasteiger partial charge on any atom is 0.122 e. The van der Waals surface area contributed by atoms with Gasteiger partial charge in [-0.3, -0.25) is 4.99 Å².